The molecule has 0 aromatic carbocycles. The number of ether oxygens (including phenoxy) is 2. The Hall–Kier alpha value is -2.38. The largest absolute Gasteiger partial charge is 0.470 e. The number of aryl methyl sites for hydroxylation is 1. The molecule has 1 atom stereocenters. The summed E-state index contributed by atoms with van der Waals surface area (Å²) < 4.78 is 16.9. The van der Waals surface area contributed by atoms with Crippen LogP contribution >= 0.6 is 0 Å². The summed E-state index contributed by atoms with van der Waals surface area (Å²) in [5.74, 6) is 0.830. The van der Waals surface area contributed by atoms with Crippen molar-refractivity contribution in [2.45, 2.75) is 12.5 Å². The number of furan rings is 1. The number of rotatable bonds is 2. The number of hydrogen-bond acceptors (Lipinski definition) is 6. The summed E-state index contributed by atoms with van der Waals surface area (Å²) in [7, 11) is 0. The fraction of sp³-hybridized carbons (Fsp3) is 0.444. The lowest BCUT2D eigenvalue weighted by molar-refractivity contribution is -0.143. The van der Waals surface area contributed by atoms with Crippen LogP contribution in [-0.2, 0) is 14.3 Å². The van der Waals surface area contributed by atoms with Crippen molar-refractivity contribution in [3.05, 3.63) is 42.5 Å². The summed E-state index contributed by atoms with van der Waals surface area (Å²) in [4.78, 5) is 20.8. The monoisotopic (exact) mass is 343 g/mol. The molecule has 1 spiro atoms. The molecule has 132 valence electrons. The Morgan fingerprint density at radius 1 is 1.24 bits per heavy atom. The number of aromatic nitrogens is 1. The topological polar surface area (TPSA) is 68.0 Å². The average Bonchev–Trinajstić information content (AvgIpc) is 3.06. The first-order valence-corrected chi connectivity index (χ1v) is 8.38. The first-order chi connectivity index (χ1) is 12.2. The normalized spacial score (nSPS) is 24.6. The van der Waals surface area contributed by atoms with Gasteiger partial charge in [0, 0.05) is 18.3 Å². The van der Waals surface area contributed by atoms with E-state index in [-0.39, 0.29) is 12.5 Å². The van der Waals surface area contributed by atoms with Crippen LogP contribution in [0.1, 0.15) is 5.69 Å². The van der Waals surface area contributed by atoms with Crippen molar-refractivity contribution >= 4 is 17.4 Å². The number of carbonyl (C=O) groups excluding carboxylic acids is 1. The predicted molar refractivity (Wildman–Crippen MR) is 91.8 cm³/mol. The molecule has 0 aliphatic carbocycles. The Labute approximate surface area is 146 Å². The second-order valence-electron chi connectivity index (χ2n) is 6.54. The molecule has 4 rings (SSSR count). The van der Waals surface area contributed by atoms with E-state index in [1.807, 2.05) is 25.1 Å². The molecule has 0 bridgehead atoms. The second kappa shape index (κ2) is 6.50. The molecule has 2 aliphatic heterocycles. The molecule has 0 saturated carbocycles. The zero-order chi connectivity index (χ0) is 17.3. The van der Waals surface area contributed by atoms with E-state index in [0.29, 0.717) is 26.3 Å². The maximum atomic E-state index is 12.3. The van der Waals surface area contributed by atoms with Crippen LogP contribution in [0.25, 0.3) is 0 Å². The highest BCUT2D eigenvalue weighted by Crippen LogP contribution is 2.28. The van der Waals surface area contributed by atoms with Gasteiger partial charge in [-0.1, -0.05) is 6.07 Å². The first kappa shape index (κ1) is 16.1. The van der Waals surface area contributed by atoms with Gasteiger partial charge in [-0.15, -0.1) is 0 Å². The number of amides is 1. The Morgan fingerprint density at radius 3 is 2.96 bits per heavy atom. The average molecular weight is 343 g/mol. The van der Waals surface area contributed by atoms with Crippen molar-refractivity contribution < 1.29 is 18.7 Å². The van der Waals surface area contributed by atoms with Crippen LogP contribution in [0, 0.1) is 6.92 Å². The van der Waals surface area contributed by atoms with Crippen LogP contribution in [0.2, 0.25) is 0 Å². The van der Waals surface area contributed by atoms with Crippen molar-refractivity contribution in [1.82, 2.24) is 4.98 Å². The number of hydrogen-bond donors (Lipinski definition) is 0. The van der Waals surface area contributed by atoms with Crippen LogP contribution in [-0.4, -0.2) is 55.9 Å². The van der Waals surface area contributed by atoms with Gasteiger partial charge in [0.25, 0.3) is 5.91 Å². The van der Waals surface area contributed by atoms with Crippen LogP contribution in [0.3, 0.4) is 0 Å². The molecule has 0 unspecified atom stereocenters. The zero-order valence-corrected chi connectivity index (χ0v) is 14.2. The van der Waals surface area contributed by atoms with Gasteiger partial charge >= 0.3 is 0 Å². The molecule has 7 nitrogen and oxygen atoms in total. The Morgan fingerprint density at radius 2 is 2.16 bits per heavy atom. The lowest BCUT2D eigenvalue weighted by atomic mass is 10.0. The molecule has 1 amide bonds. The lowest BCUT2D eigenvalue weighted by Gasteiger charge is -2.42. The molecular weight excluding hydrogens is 322 g/mol. The number of carbonyl (C=O) groups is 1. The molecule has 2 aromatic heterocycles. The molecule has 2 fully saturated rings. The van der Waals surface area contributed by atoms with Gasteiger partial charge in [-0.3, -0.25) is 4.79 Å². The fourth-order valence-corrected chi connectivity index (χ4v) is 3.35. The maximum absolute atomic E-state index is 12.3. The van der Waals surface area contributed by atoms with Gasteiger partial charge in [0.1, 0.15) is 24.3 Å². The van der Waals surface area contributed by atoms with Crippen molar-refractivity contribution in [2.75, 3.05) is 49.3 Å². The molecule has 2 saturated heterocycles. The third kappa shape index (κ3) is 3.25. The van der Waals surface area contributed by atoms with Crippen LogP contribution < -0.4 is 9.80 Å². The SMILES string of the molecule is Cc1cccc(N2CCOC[C@]3(C2)CN(c2ccoc2)C(=O)CO3)n1. The summed E-state index contributed by atoms with van der Waals surface area (Å²) in [6.07, 6.45) is 3.14. The summed E-state index contributed by atoms with van der Waals surface area (Å²) in [6, 6.07) is 7.76. The summed E-state index contributed by atoms with van der Waals surface area (Å²) >= 11 is 0. The minimum Gasteiger partial charge on any atom is -0.470 e. The van der Waals surface area contributed by atoms with Crippen molar-refractivity contribution in [2.24, 2.45) is 0 Å². The van der Waals surface area contributed by atoms with Gasteiger partial charge in [0.05, 0.1) is 38.3 Å². The fourth-order valence-electron chi connectivity index (χ4n) is 3.35. The molecule has 0 radical (unpaired) electrons. The summed E-state index contributed by atoms with van der Waals surface area (Å²) in [5, 5.41) is 0. The number of anilines is 2. The van der Waals surface area contributed by atoms with Gasteiger partial charge in [0.2, 0.25) is 0 Å². The zero-order valence-electron chi connectivity index (χ0n) is 14.2. The van der Waals surface area contributed by atoms with Gasteiger partial charge in [0.15, 0.2) is 0 Å². The van der Waals surface area contributed by atoms with E-state index in [0.717, 1.165) is 23.7 Å². The van der Waals surface area contributed by atoms with Crippen LogP contribution in [0.15, 0.2) is 41.2 Å². The number of morpholine rings is 1. The number of pyridine rings is 1. The Bertz CT molecular complexity index is 749. The minimum atomic E-state index is -0.590. The third-order valence-electron chi connectivity index (χ3n) is 4.61. The highest BCUT2D eigenvalue weighted by molar-refractivity contribution is 5.95. The highest BCUT2D eigenvalue weighted by Gasteiger charge is 2.43. The minimum absolute atomic E-state index is 0.0314. The second-order valence-corrected chi connectivity index (χ2v) is 6.54. The summed E-state index contributed by atoms with van der Waals surface area (Å²) in [5.41, 5.74) is 1.13. The van der Waals surface area contributed by atoms with E-state index in [4.69, 9.17) is 13.9 Å². The molecule has 0 N–H and O–H groups in total. The third-order valence-corrected chi connectivity index (χ3v) is 4.61. The highest BCUT2D eigenvalue weighted by atomic mass is 16.6. The van der Waals surface area contributed by atoms with Crippen LogP contribution in [0.4, 0.5) is 11.5 Å². The summed E-state index contributed by atoms with van der Waals surface area (Å²) in [6.45, 7) is 4.82. The number of nitrogens with zero attached hydrogens (tertiary/aromatic N) is 3. The Balaban J connectivity index is 1.60. The molecule has 2 aliphatic rings. The van der Waals surface area contributed by atoms with Crippen molar-refractivity contribution in [3.8, 4) is 0 Å². The maximum Gasteiger partial charge on any atom is 0.253 e. The molecule has 2 aromatic rings. The van der Waals surface area contributed by atoms with E-state index < -0.39 is 5.60 Å². The molecule has 4 heterocycles. The van der Waals surface area contributed by atoms with Gasteiger partial charge in [-0.05, 0) is 19.1 Å². The molecule has 7 heteroatoms. The lowest BCUT2D eigenvalue weighted by Crippen LogP contribution is -2.61. The quantitative estimate of drug-likeness (QED) is 0.825. The predicted octanol–water partition coefficient (Wildman–Crippen LogP) is 1.62. The first-order valence-electron chi connectivity index (χ1n) is 8.38. The molecule has 25 heavy (non-hydrogen) atoms. The van der Waals surface area contributed by atoms with Crippen molar-refractivity contribution in [1.29, 1.82) is 0 Å². The standard InChI is InChI=1S/C18H21N3O4/c1-14-3-2-4-16(19-14)20-6-8-24-13-18(11-20)12-21(17(22)10-25-18)15-5-7-23-9-15/h2-5,7,9H,6,8,10-13H2,1H3/t18-/m0/s1. The molecular formula is C18H21N3O4. The van der Waals surface area contributed by atoms with Gasteiger partial charge in [-0.25, -0.2) is 4.98 Å². The van der Waals surface area contributed by atoms with Gasteiger partial charge in [-0.2, -0.15) is 0 Å². The smallest absolute Gasteiger partial charge is 0.253 e. The van der Waals surface area contributed by atoms with Gasteiger partial charge < -0.3 is 23.7 Å². The van der Waals surface area contributed by atoms with Crippen LogP contribution in [0.5, 0.6) is 0 Å². The van der Waals surface area contributed by atoms with E-state index in [2.05, 4.69) is 9.88 Å². The van der Waals surface area contributed by atoms with E-state index in [1.165, 1.54) is 0 Å². The Kier molecular flexibility index (Phi) is 4.19. The van der Waals surface area contributed by atoms with Crippen molar-refractivity contribution in [3.63, 3.8) is 0 Å². The van der Waals surface area contributed by atoms with E-state index >= 15 is 0 Å². The van der Waals surface area contributed by atoms with E-state index in [9.17, 15) is 4.79 Å². The van der Waals surface area contributed by atoms with E-state index in [1.54, 1.807) is 23.5 Å².